The maximum Gasteiger partial charge on any atom is 0.224 e. The molecule has 1 aromatic heterocycles. The maximum absolute atomic E-state index is 12.6. The van der Waals surface area contributed by atoms with Gasteiger partial charge in [-0.25, -0.2) is 0 Å². The number of ketones is 1. The summed E-state index contributed by atoms with van der Waals surface area (Å²) >= 11 is 1.89. The molecule has 2 heterocycles. The summed E-state index contributed by atoms with van der Waals surface area (Å²) in [7, 11) is 0. The van der Waals surface area contributed by atoms with Crippen molar-refractivity contribution >= 4 is 23.5 Å². The number of aryl methyl sites for hydroxylation is 1. The van der Waals surface area contributed by atoms with E-state index in [4.69, 9.17) is 0 Å². The molecular formula is C18H29N3O2S. The zero-order chi connectivity index (χ0) is 17.9. The summed E-state index contributed by atoms with van der Waals surface area (Å²) in [6.45, 7) is 9.06. The second-order valence-corrected chi connectivity index (χ2v) is 7.79. The minimum Gasteiger partial charge on any atom is -0.343 e. The van der Waals surface area contributed by atoms with E-state index < -0.39 is 0 Å². The molecule has 0 aliphatic carbocycles. The Morgan fingerprint density at radius 3 is 2.42 bits per heavy atom. The fourth-order valence-corrected chi connectivity index (χ4v) is 4.46. The number of Topliss-reactive ketones (excluding diaryl/α,β-unsaturated/α-hetero) is 1. The molecule has 134 valence electrons. The van der Waals surface area contributed by atoms with E-state index in [0.717, 1.165) is 43.2 Å². The largest absolute Gasteiger partial charge is 0.343 e. The molecule has 1 saturated heterocycles. The van der Waals surface area contributed by atoms with Gasteiger partial charge in [0.1, 0.15) is 0 Å². The highest BCUT2D eigenvalue weighted by Gasteiger charge is 2.25. The number of aromatic nitrogens is 2. The first-order chi connectivity index (χ1) is 11.3. The Labute approximate surface area is 149 Å². The van der Waals surface area contributed by atoms with Crippen LogP contribution in [-0.4, -0.2) is 51.5 Å². The Balaban J connectivity index is 1.98. The number of carbonyl (C=O) groups is 2. The lowest BCUT2D eigenvalue weighted by Gasteiger charge is -2.32. The molecule has 0 N–H and O–H groups in total. The second-order valence-electron chi connectivity index (χ2n) is 6.88. The molecule has 2 rings (SSSR count). The Bertz CT molecular complexity index is 604. The van der Waals surface area contributed by atoms with E-state index in [9.17, 15) is 9.59 Å². The van der Waals surface area contributed by atoms with Crippen LogP contribution in [0.2, 0.25) is 0 Å². The summed E-state index contributed by atoms with van der Waals surface area (Å²) in [5, 5.41) is 4.49. The van der Waals surface area contributed by atoms with Gasteiger partial charge in [0.05, 0.1) is 17.3 Å². The molecule has 1 amide bonds. The van der Waals surface area contributed by atoms with Crippen LogP contribution in [0.3, 0.4) is 0 Å². The molecule has 0 saturated carbocycles. The monoisotopic (exact) mass is 351 g/mol. The Morgan fingerprint density at radius 2 is 1.92 bits per heavy atom. The van der Waals surface area contributed by atoms with E-state index in [1.165, 1.54) is 5.75 Å². The van der Waals surface area contributed by atoms with Gasteiger partial charge in [-0.05, 0) is 58.5 Å². The first-order valence-electron chi connectivity index (χ1n) is 8.68. The molecule has 5 nitrogen and oxygen atoms in total. The normalized spacial score (nSPS) is 17.1. The summed E-state index contributed by atoms with van der Waals surface area (Å²) in [5.74, 6) is 2.17. The van der Waals surface area contributed by atoms with Crippen molar-refractivity contribution in [1.29, 1.82) is 0 Å². The highest BCUT2D eigenvalue weighted by Crippen LogP contribution is 2.24. The lowest BCUT2D eigenvalue weighted by Crippen LogP contribution is -2.39. The van der Waals surface area contributed by atoms with E-state index in [2.05, 4.69) is 11.4 Å². The van der Waals surface area contributed by atoms with Crippen molar-refractivity contribution in [3.8, 4) is 0 Å². The van der Waals surface area contributed by atoms with E-state index in [1.54, 1.807) is 6.92 Å². The fourth-order valence-electron chi connectivity index (χ4n) is 3.65. The third-order valence-corrected chi connectivity index (χ3v) is 5.74. The van der Waals surface area contributed by atoms with Crippen LogP contribution in [0.15, 0.2) is 0 Å². The third kappa shape index (κ3) is 4.21. The molecular weight excluding hydrogens is 322 g/mol. The standard InChI is InChI=1S/C18H29N3O2S/c1-12(21-14(3)18(15(4)22)13(2)19-21)10-17(23)20-8-6-16(7-9-20)11-24-5/h12,16H,6-11H2,1-5H3/t12-/m1/s1. The van der Waals surface area contributed by atoms with Gasteiger partial charge in [0, 0.05) is 25.2 Å². The van der Waals surface area contributed by atoms with Crippen LogP contribution in [0.5, 0.6) is 0 Å². The SMILES string of the molecule is CSCC1CCN(C(=O)C[C@@H](C)n2nc(C)c(C(C)=O)c2C)CC1. The number of amides is 1. The minimum absolute atomic E-state index is 0.0330. The van der Waals surface area contributed by atoms with Crippen molar-refractivity contribution in [2.75, 3.05) is 25.1 Å². The zero-order valence-corrected chi connectivity index (χ0v) is 16.3. The van der Waals surface area contributed by atoms with Gasteiger partial charge in [0.25, 0.3) is 0 Å². The van der Waals surface area contributed by atoms with Crippen LogP contribution in [-0.2, 0) is 4.79 Å². The lowest BCUT2D eigenvalue weighted by molar-refractivity contribution is -0.133. The van der Waals surface area contributed by atoms with Crippen molar-refractivity contribution < 1.29 is 9.59 Å². The number of hydrogen-bond acceptors (Lipinski definition) is 4. The van der Waals surface area contributed by atoms with Gasteiger partial charge in [-0.15, -0.1) is 0 Å². The molecule has 1 aliphatic heterocycles. The highest BCUT2D eigenvalue weighted by atomic mass is 32.2. The van der Waals surface area contributed by atoms with Gasteiger partial charge in [0.15, 0.2) is 5.78 Å². The van der Waals surface area contributed by atoms with E-state index in [0.29, 0.717) is 12.0 Å². The molecule has 24 heavy (non-hydrogen) atoms. The van der Waals surface area contributed by atoms with Crippen LogP contribution >= 0.6 is 11.8 Å². The molecule has 1 fully saturated rings. The first kappa shape index (κ1) is 19.0. The Hall–Kier alpha value is -1.30. The van der Waals surface area contributed by atoms with E-state index in [-0.39, 0.29) is 17.7 Å². The van der Waals surface area contributed by atoms with E-state index >= 15 is 0 Å². The summed E-state index contributed by atoms with van der Waals surface area (Å²) in [4.78, 5) is 26.3. The number of rotatable bonds is 6. The molecule has 6 heteroatoms. The van der Waals surface area contributed by atoms with Gasteiger partial charge in [-0.1, -0.05) is 0 Å². The van der Waals surface area contributed by atoms with Gasteiger partial charge >= 0.3 is 0 Å². The molecule has 1 aromatic rings. The number of nitrogens with zero attached hydrogens (tertiary/aromatic N) is 3. The topological polar surface area (TPSA) is 55.2 Å². The molecule has 0 unspecified atom stereocenters. The van der Waals surface area contributed by atoms with E-state index in [1.807, 2.05) is 42.1 Å². The predicted octanol–water partition coefficient (Wildman–Crippen LogP) is 3.26. The van der Waals surface area contributed by atoms with Crippen molar-refractivity contribution in [2.45, 2.75) is 53.0 Å². The van der Waals surface area contributed by atoms with Crippen LogP contribution < -0.4 is 0 Å². The summed E-state index contributed by atoms with van der Waals surface area (Å²) < 4.78 is 1.84. The third-order valence-electron chi connectivity index (χ3n) is 4.93. The Morgan fingerprint density at radius 1 is 1.29 bits per heavy atom. The molecule has 0 radical (unpaired) electrons. The fraction of sp³-hybridized carbons (Fsp3) is 0.722. The van der Waals surface area contributed by atoms with Crippen molar-refractivity contribution in [2.24, 2.45) is 5.92 Å². The summed E-state index contributed by atoms with van der Waals surface area (Å²) in [6.07, 6.45) is 4.79. The molecule has 0 aromatic carbocycles. The van der Waals surface area contributed by atoms with Crippen LogP contribution in [0, 0.1) is 19.8 Å². The van der Waals surface area contributed by atoms with Crippen LogP contribution in [0.1, 0.15) is 60.9 Å². The smallest absolute Gasteiger partial charge is 0.224 e. The molecule has 1 aliphatic rings. The van der Waals surface area contributed by atoms with Gasteiger partial charge in [-0.2, -0.15) is 16.9 Å². The van der Waals surface area contributed by atoms with Gasteiger partial charge in [-0.3, -0.25) is 14.3 Å². The van der Waals surface area contributed by atoms with Gasteiger partial charge < -0.3 is 4.90 Å². The highest BCUT2D eigenvalue weighted by molar-refractivity contribution is 7.98. The van der Waals surface area contributed by atoms with Gasteiger partial charge in [0.2, 0.25) is 5.91 Å². The quantitative estimate of drug-likeness (QED) is 0.738. The molecule has 1 atom stereocenters. The predicted molar refractivity (Wildman–Crippen MR) is 98.7 cm³/mol. The minimum atomic E-state index is -0.0341. The average molecular weight is 352 g/mol. The van der Waals surface area contributed by atoms with Crippen molar-refractivity contribution in [3.63, 3.8) is 0 Å². The lowest BCUT2D eigenvalue weighted by atomic mass is 9.98. The number of hydrogen-bond donors (Lipinski definition) is 0. The number of likely N-dealkylation sites (tertiary alicyclic amines) is 1. The average Bonchev–Trinajstić information content (AvgIpc) is 2.83. The Kier molecular flexibility index (Phi) is 6.49. The van der Waals surface area contributed by atoms with Crippen molar-refractivity contribution in [3.05, 3.63) is 17.0 Å². The number of piperidine rings is 1. The summed E-state index contributed by atoms with van der Waals surface area (Å²) in [6, 6.07) is -0.0341. The van der Waals surface area contributed by atoms with Crippen LogP contribution in [0.4, 0.5) is 0 Å². The first-order valence-corrected chi connectivity index (χ1v) is 10.1. The van der Waals surface area contributed by atoms with Crippen LogP contribution in [0.25, 0.3) is 0 Å². The number of carbonyl (C=O) groups excluding carboxylic acids is 2. The zero-order valence-electron chi connectivity index (χ0n) is 15.5. The second kappa shape index (κ2) is 8.19. The molecule has 0 bridgehead atoms. The maximum atomic E-state index is 12.6. The number of thioether (sulfide) groups is 1. The molecule has 0 spiro atoms. The van der Waals surface area contributed by atoms with Crippen molar-refractivity contribution in [1.82, 2.24) is 14.7 Å². The summed E-state index contributed by atoms with van der Waals surface area (Å²) in [5.41, 5.74) is 2.29.